The van der Waals surface area contributed by atoms with Gasteiger partial charge in [0, 0.05) is 6.20 Å². The summed E-state index contributed by atoms with van der Waals surface area (Å²) in [5.41, 5.74) is 5.58. The number of quaternary nitrogens is 1. The molecule has 0 bridgehead atoms. The first-order valence-electron chi connectivity index (χ1n) is 2.89. The normalized spacial score (nSPS) is 9.56. The Morgan fingerprint density at radius 3 is 2.67 bits per heavy atom. The van der Waals surface area contributed by atoms with E-state index in [9.17, 15) is 0 Å². The summed E-state index contributed by atoms with van der Waals surface area (Å²) in [5.74, 6) is 0. The van der Waals surface area contributed by atoms with E-state index in [1.54, 1.807) is 12.4 Å². The minimum absolute atomic E-state index is 0.716. The van der Waals surface area contributed by atoms with Gasteiger partial charge in [0.05, 0.1) is 11.9 Å². The van der Waals surface area contributed by atoms with Crippen molar-refractivity contribution in [2.75, 3.05) is 0 Å². The van der Waals surface area contributed by atoms with Gasteiger partial charge in [-0.25, -0.2) is 0 Å². The Bertz CT molecular complexity index is 180. The molecule has 0 saturated heterocycles. The second kappa shape index (κ2) is 2.55. The largest absolute Gasteiger partial charge is 0.352 e. The molecule has 9 heavy (non-hydrogen) atoms. The minimum atomic E-state index is 0.716. The van der Waals surface area contributed by atoms with E-state index in [1.165, 1.54) is 0 Å². The Morgan fingerprint density at radius 1 is 1.44 bits per heavy atom. The van der Waals surface area contributed by atoms with Crippen LogP contribution >= 0.6 is 0 Å². The lowest BCUT2D eigenvalue weighted by molar-refractivity contribution is -0.387. The quantitative estimate of drug-likeness (QED) is 0.550. The summed E-state index contributed by atoms with van der Waals surface area (Å²) in [7, 11) is 0. The third-order valence-electron chi connectivity index (χ3n) is 1.09. The maximum Gasteiger partial charge on any atom is 0.118 e. The van der Waals surface area contributed by atoms with E-state index >= 15 is 0 Å². The highest BCUT2D eigenvalue weighted by molar-refractivity contribution is 4.98. The molecule has 1 aromatic rings. The number of rotatable bonds is 1. The molecule has 0 saturated carbocycles. The average Bonchev–Trinajstić information content (AvgIpc) is 1.90. The van der Waals surface area contributed by atoms with Crippen molar-refractivity contribution in [3.8, 4) is 0 Å². The molecule has 1 aromatic heterocycles. The number of nitrogens with zero attached hydrogens (tertiary/aromatic N) is 2. The zero-order valence-electron chi connectivity index (χ0n) is 5.46. The van der Waals surface area contributed by atoms with Gasteiger partial charge in [0.15, 0.2) is 0 Å². The van der Waals surface area contributed by atoms with Crippen molar-refractivity contribution in [2.45, 2.75) is 13.5 Å². The fourth-order valence-corrected chi connectivity index (χ4v) is 0.548. The monoisotopic (exact) mass is 124 g/mol. The summed E-state index contributed by atoms with van der Waals surface area (Å²) in [4.78, 5) is 8.12. The molecule has 0 spiro atoms. The van der Waals surface area contributed by atoms with E-state index in [1.807, 2.05) is 6.92 Å². The van der Waals surface area contributed by atoms with Crippen LogP contribution in [0.3, 0.4) is 0 Å². The third-order valence-corrected chi connectivity index (χ3v) is 1.09. The lowest BCUT2D eigenvalue weighted by atomic mass is 10.4. The zero-order valence-corrected chi connectivity index (χ0v) is 5.46. The molecule has 1 heterocycles. The van der Waals surface area contributed by atoms with Crippen LogP contribution in [0.4, 0.5) is 0 Å². The van der Waals surface area contributed by atoms with E-state index in [-0.39, 0.29) is 0 Å². The summed E-state index contributed by atoms with van der Waals surface area (Å²) >= 11 is 0. The highest BCUT2D eigenvalue weighted by Crippen LogP contribution is 1.89. The summed E-state index contributed by atoms with van der Waals surface area (Å²) in [6.07, 6.45) is 3.50. The van der Waals surface area contributed by atoms with Gasteiger partial charge < -0.3 is 5.73 Å². The van der Waals surface area contributed by atoms with Crippen LogP contribution in [0, 0.1) is 6.92 Å². The van der Waals surface area contributed by atoms with Crippen molar-refractivity contribution >= 4 is 0 Å². The average molecular weight is 124 g/mol. The molecule has 3 heteroatoms. The molecule has 0 aliphatic carbocycles. The summed E-state index contributed by atoms with van der Waals surface area (Å²) < 4.78 is 0. The molecule has 0 aliphatic heterocycles. The molecule has 3 nitrogen and oxygen atoms in total. The van der Waals surface area contributed by atoms with Crippen molar-refractivity contribution in [2.24, 2.45) is 0 Å². The zero-order chi connectivity index (χ0) is 6.69. The van der Waals surface area contributed by atoms with Crippen LogP contribution in [-0.2, 0) is 6.54 Å². The second-order valence-corrected chi connectivity index (χ2v) is 1.90. The summed E-state index contributed by atoms with van der Waals surface area (Å²) in [5, 5.41) is 0. The highest BCUT2D eigenvalue weighted by Gasteiger charge is 1.90. The Balaban J connectivity index is 2.88. The molecule has 0 aromatic carbocycles. The molecule has 48 valence electrons. The van der Waals surface area contributed by atoms with E-state index in [0.717, 1.165) is 11.4 Å². The van der Waals surface area contributed by atoms with Crippen LogP contribution in [-0.4, -0.2) is 9.97 Å². The Labute approximate surface area is 53.9 Å². The van der Waals surface area contributed by atoms with E-state index in [2.05, 4.69) is 15.7 Å². The first-order chi connectivity index (χ1) is 4.33. The summed E-state index contributed by atoms with van der Waals surface area (Å²) in [6.45, 7) is 2.63. The lowest BCUT2D eigenvalue weighted by Crippen LogP contribution is -2.47. The predicted octanol–water partition coefficient (Wildman–Crippen LogP) is -0.473. The van der Waals surface area contributed by atoms with Crippen LogP contribution in [0.15, 0.2) is 12.4 Å². The van der Waals surface area contributed by atoms with Gasteiger partial charge in [-0.2, -0.15) is 0 Å². The topological polar surface area (TPSA) is 53.4 Å². The Kier molecular flexibility index (Phi) is 1.75. The molecule has 3 N–H and O–H groups in total. The van der Waals surface area contributed by atoms with Crippen molar-refractivity contribution in [1.82, 2.24) is 9.97 Å². The molecule has 0 aliphatic rings. The second-order valence-electron chi connectivity index (χ2n) is 1.90. The molecule has 0 unspecified atom stereocenters. The highest BCUT2D eigenvalue weighted by atomic mass is 14.8. The van der Waals surface area contributed by atoms with Crippen LogP contribution in [0.25, 0.3) is 0 Å². The molecule has 0 fully saturated rings. The van der Waals surface area contributed by atoms with Gasteiger partial charge in [-0.3, -0.25) is 9.97 Å². The molecule has 0 atom stereocenters. The van der Waals surface area contributed by atoms with Gasteiger partial charge in [0.25, 0.3) is 0 Å². The standard InChI is InChI=1S/C6H9N3/c1-5-3-9-6(2-7)4-8-5/h3-4H,2,7H2,1H3/p+1. The number of aryl methyl sites for hydroxylation is 1. The Morgan fingerprint density at radius 2 is 2.22 bits per heavy atom. The summed E-state index contributed by atoms with van der Waals surface area (Å²) in [6, 6.07) is 0. The fraction of sp³-hybridized carbons (Fsp3) is 0.333. The number of hydrogen-bond acceptors (Lipinski definition) is 2. The van der Waals surface area contributed by atoms with E-state index in [4.69, 9.17) is 0 Å². The van der Waals surface area contributed by atoms with Crippen LogP contribution in [0.2, 0.25) is 0 Å². The Hall–Kier alpha value is -0.960. The minimum Gasteiger partial charge on any atom is -0.352 e. The SMILES string of the molecule is Cc1cnc(C[NH3+])cn1. The van der Waals surface area contributed by atoms with E-state index in [0.29, 0.717) is 6.54 Å². The van der Waals surface area contributed by atoms with Crippen molar-refractivity contribution < 1.29 is 5.73 Å². The van der Waals surface area contributed by atoms with Crippen LogP contribution in [0.1, 0.15) is 11.4 Å². The smallest absolute Gasteiger partial charge is 0.118 e. The van der Waals surface area contributed by atoms with Crippen molar-refractivity contribution in [1.29, 1.82) is 0 Å². The van der Waals surface area contributed by atoms with Crippen molar-refractivity contribution in [3.05, 3.63) is 23.8 Å². The third kappa shape index (κ3) is 1.47. The van der Waals surface area contributed by atoms with Gasteiger partial charge >= 0.3 is 0 Å². The molecular weight excluding hydrogens is 114 g/mol. The van der Waals surface area contributed by atoms with Gasteiger partial charge in [-0.1, -0.05) is 0 Å². The first-order valence-corrected chi connectivity index (χ1v) is 2.89. The number of aromatic nitrogens is 2. The predicted molar refractivity (Wildman–Crippen MR) is 33.4 cm³/mol. The van der Waals surface area contributed by atoms with Gasteiger partial charge in [0.2, 0.25) is 0 Å². The van der Waals surface area contributed by atoms with Gasteiger partial charge in [0.1, 0.15) is 12.2 Å². The fourth-order valence-electron chi connectivity index (χ4n) is 0.548. The molecule has 1 rings (SSSR count). The maximum atomic E-state index is 4.07. The number of hydrogen-bond donors (Lipinski definition) is 1. The molecular formula is C6H10N3+. The van der Waals surface area contributed by atoms with Crippen molar-refractivity contribution in [3.63, 3.8) is 0 Å². The first kappa shape index (κ1) is 6.16. The van der Waals surface area contributed by atoms with Crippen LogP contribution < -0.4 is 5.73 Å². The lowest BCUT2D eigenvalue weighted by Gasteiger charge is -1.91. The van der Waals surface area contributed by atoms with E-state index < -0.39 is 0 Å². The van der Waals surface area contributed by atoms with Gasteiger partial charge in [-0.05, 0) is 6.92 Å². The van der Waals surface area contributed by atoms with Crippen LogP contribution in [0.5, 0.6) is 0 Å². The molecule has 0 amide bonds. The molecule has 0 radical (unpaired) electrons. The maximum absolute atomic E-state index is 4.07. The van der Waals surface area contributed by atoms with Gasteiger partial charge in [-0.15, -0.1) is 0 Å².